The highest BCUT2D eigenvalue weighted by molar-refractivity contribution is 9.10. The minimum atomic E-state index is 0.416. The Labute approximate surface area is 131 Å². The van der Waals surface area contributed by atoms with Crippen molar-refractivity contribution >= 4 is 15.9 Å². The van der Waals surface area contributed by atoms with Crippen molar-refractivity contribution in [2.45, 2.75) is 52.0 Å². The molecule has 1 aromatic rings. The number of nitrogens with one attached hydrogen (secondary N) is 1. The molecule has 0 spiro atoms. The molecule has 1 aliphatic rings. The Morgan fingerprint density at radius 2 is 2.15 bits per heavy atom. The first-order chi connectivity index (χ1) is 9.74. The van der Waals surface area contributed by atoms with E-state index in [0.717, 1.165) is 29.3 Å². The second-order valence-corrected chi connectivity index (χ2v) is 6.57. The van der Waals surface area contributed by atoms with E-state index in [1.165, 1.54) is 37.7 Å². The van der Waals surface area contributed by atoms with Gasteiger partial charge in [-0.15, -0.1) is 0 Å². The van der Waals surface area contributed by atoms with Gasteiger partial charge in [0, 0.05) is 16.1 Å². The number of hydrogen-bond donors (Lipinski definition) is 1. The number of benzene rings is 1. The molecule has 1 fully saturated rings. The molecule has 0 saturated heterocycles. The molecule has 1 aliphatic carbocycles. The minimum absolute atomic E-state index is 0.416. The summed E-state index contributed by atoms with van der Waals surface area (Å²) in [6, 6.07) is 6.79. The van der Waals surface area contributed by atoms with Gasteiger partial charge in [-0.05, 0) is 50.4 Å². The van der Waals surface area contributed by atoms with Gasteiger partial charge in [-0.3, -0.25) is 0 Å². The average molecular weight is 340 g/mol. The maximum atomic E-state index is 5.83. The summed E-state index contributed by atoms with van der Waals surface area (Å²) < 4.78 is 6.96. The fourth-order valence-corrected chi connectivity index (χ4v) is 3.16. The molecule has 1 N–H and O–H groups in total. The lowest BCUT2D eigenvalue weighted by atomic mass is 9.79. The largest absolute Gasteiger partial charge is 0.494 e. The standard InChI is InChI=1S/C17H26BrNO/c1-3-10-19-16(11-13-6-5-7-13)15-12-14(18)8-9-17(15)20-4-2/h8-9,12-13,16,19H,3-7,10-11H2,1-2H3. The summed E-state index contributed by atoms with van der Waals surface area (Å²) in [4.78, 5) is 0. The molecular weight excluding hydrogens is 314 g/mol. The summed E-state index contributed by atoms with van der Waals surface area (Å²) in [6.07, 6.45) is 6.59. The molecule has 2 nitrogen and oxygen atoms in total. The van der Waals surface area contributed by atoms with Gasteiger partial charge in [-0.25, -0.2) is 0 Å². The van der Waals surface area contributed by atoms with Gasteiger partial charge in [0.05, 0.1) is 6.61 Å². The van der Waals surface area contributed by atoms with Crippen molar-refractivity contribution in [2.75, 3.05) is 13.2 Å². The number of ether oxygens (including phenoxy) is 1. The molecular formula is C17H26BrNO. The first-order valence-corrected chi connectivity index (χ1v) is 8.69. The molecule has 2 rings (SSSR count). The van der Waals surface area contributed by atoms with Crippen molar-refractivity contribution < 1.29 is 4.74 Å². The zero-order valence-electron chi connectivity index (χ0n) is 12.6. The molecule has 20 heavy (non-hydrogen) atoms. The highest BCUT2D eigenvalue weighted by Gasteiger charge is 2.24. The monoisotopic (exact) mass is 339 g/mol. The fourth-order valence-electron chi connectivity index (χ4n) is 2.78. The van der Waals surface area contributed by atoms with Crippen molar-refractivity contribution in [3.05, 3.63) is 28.2 Å². The highest BCUT2D eigenvalue weighted by Crippen LogP contribution is 2.38. The van der Waals surface area contributed by atoms with Gasteiger partial charge in [-0.2, -0.15) is 0 Å². The molecule has 0 aromatic heterocycles. The normalized spacial score (nSPS) is 16.8. The van der Waals surface area contributed by atoms with Gasteiger partial charge >= 0.3 is 0 Å². The van der Waals surface area contributed by atoms with Crippen LogP contribution < -0.4 is 10.1 Å². The predicted molar refractivity (Wildman–Crippen MR) is 88.3 cm³/mol. The zero-order chi connectivity index (χ0) is 14.4. The van der Waals surface area contributed by atoms with Crippen molar-refractivity contribution in [3.63, 3.8) is 0 Å². The van der Waals surface area contributed by atoms with E-state index in [1.54, 1.807) is 0 Å². The molecule has 0 aliphatic heterocycles. The maximum absolute atomic E-state index is 5.83. The second-order valence-electron chi connectivity index (χ2n) is 5.65. The van der Waals surface area contributed by atoms with Crippen LogP contribution in [0.1, 0.15) is 57.6 Å². The van der Waals surface area contributed by atoms with Crippen LogP contribution in [0.3, 0.4) is 0 Å². The van der Waals surface area contributed by atoms with E-state index >= 15 is 0 Å². The summed E-state index contributed by atoms with van der Waals surface area (Å²) >= 11 is 3.60. The molecule has 0 bridgehead atoms. The van der Waals surface area contributed by atoms with Crippen LogP contribution in [0.2, 0.25) is 0 Å². The van der Waals surface area contributed by atoms with Crippen LogP contribution in [0, 0.1) is 5.92 Å². The molecule has 112 valence electrons. The Morgan fingerprint density at radius 1 is 1.35 bits per heavy atom. The smallest absolute Gasteiger partial charge is 0.124 e. The number of halogens is 1. The van der Waals surface area contributed by atoms with E-state index in [2.05, 4.69) is 46.4 Å². The lowest BCUT2D eigenvalue weighted by Gasteiger charge is -2.31. The summed E-state index contributed by atoms with van der Waals surface area (Å²) in [5.74, 6) is 1.92. The van der Waals surface area contributed by atoms with Crippen LogP contribution >= 0.6 is 15.9 Å². The predicted octanol–water partition coefficient (Wildman–Crippen LogP) is 5.08. The summed E-state index contributed by atoms with van der Waals surface area (Å²) in [6.45, 7) is 6.05. The maximum Gasteiger partial charge on any atom is 0.124 e. The summed E-state index contributed by atoms with van der Waals surface area (Å²) in [5.41, 5.74) is 1.31. The van der Waals surface area contributed by atoms with Crippen molar-refractivity contribution in [2.24, 2.45) is 5.92 Å². The first kappa shape index (κ1) is 15.8. The lowest BCUT2D eigenvalue weighted by molar-refractivity contribution is 0.256. The number of hydrogen-bond acceptors (Lipinski definition) is 2. The van der Waals surface area contributed by atoms with E-state index in [-0.39, 0.29) is 0 Å². The van der Waals surface area contributed by atoms with Crippen LogP contribution in [0.25, 0.3) is 0 Å². The van der Waals surface area contributed by atoms with Crippen LogP contribution in [0.4, 0.5) is 0 Å². The van der Waals surface area contributed by atoms with Gasteiger partial charge in [-0.1, -0.05) is 42.1 Å². The molecule has 1 atom stereocenters. The molecule has 1 unspecified atom stereocenters. The van der Waals surface area contributed by atoms with Gasteiger partial charge in [0.2, 0.25) is 0 Å². The SMILES string of the molecule is CCCNC(CC1CCC1)c1cc(Br)ccc1OCC. The third kappa shape index (κ3) is 4.23. The Hall–Kier alpha value is -0.540. The van der Waals surface area contributed by atoms with Gasteiger partial charge in [0.1, 0.15) is 5.75 Å². The molecule has 0 amide bonds. The number of rotatable bonds is 8. The van der Waals surface area contributed by atoms with E-state index in [9.17, 15) is 0 Å². The second kappa shape index (κ2) is 8.04. The van der Waals surface area contributed by atoms with E-state index < -0.39 is 0 Å². The highest BCUT2D eigenvalue weighted by atomic mass is 79.9. The Morgan fingerprint density at radius 3 is 2.75 bits per heavy atom. The minimum Gasteiger partial charge on any atom is -0.494 e. The third-order valence-corrected chi connectivity index (χ3v) is 4.57. The quantitative estimate of drug-likeness (QED) is 0.713. The summed E-state index contributed by atoms with van der Waals surface area (Å²) in [5, 5.41) is 3.71. The topological polar surface area (TPSA) is 21.3 Å². The van der Waals surface area contributed by atoms with Gasteiger partial charge < -0.3 is 10.1 Å². The van der Waals surface area contributed by atoms with Gasteiger partial charge in [0.15, 0.2) is 0 Å². The molecule has 1 aromatic carbocycles. The van der Waals surface area contributed by atoms with Crippen LogP contribution in [0.15, 0.2) is 22.7 Å². The van der Waals surface area contributed by atoms with Crippen molar-refractivity contribution in [1.82, 2.24) is 5.32 Å². The first-order valence-electron chi connectivity index (χ1n) is 7.90. The molecule has 0 radical (unpaired) electrons. The fraction of sp³-hybridized carbons (Fsp3) is 0.647. The molecule has 1 saturated carbocycles. The van der Waals surface area contributed by atoms with Crippen molar-refractivity contribution in [1.29, 1.82) is 0 Å². The average Bonchev–Trinajstić information content (AvgIpc) is 2.39. The van der Waals surface area contributed by atoms with E-state index in [0.29, 0.717) is 6.04 Å². The van der Waals surface area contributed by atoms with Crippen molar-refractivity contribution in [3.8, 4) is 5.75 Å². The Balaban J connectivity index is 2.17. The Bertz CT molecular complexity index is 417. The summed E-state index contributed by atoms with van der Waals surface area (Å²) in [7, 11) is 0. The Kier molecular flexibility index (Phi) is 6.37. The van der Waals surface area contributed by atoms with Crippen LogP contribution in [-0.4, -0.2) is 13.2 Å². The van der Waals surface area contributed by atoms with E-state index in [4.69, 9.17) is 4.74 Å². The molecule has 0 heterocycles. The van der Waals surface area contributed by atoms with E-state index in [1.807, 2.05) is 6.92 Å². The third-order valence-electron chi connectivity index (χ3n) is 4.08. The van der Waals surface area contributed by atoms with Crippen LogP contribution in [0.5, 0.6) is 5.75 Å². The van der Waals surface area contributed by atoms with Gasteiger partial charge in [0.25, 0.3) is 0 Å². The molecule has 3 heteroatoms. The van der Waals surface area contributed by atoms with Crippen LogP contribution in [-0.2, 0) is 0 Å². The lowest BCUT2D eigenvalue weighted by Crippen LogP contribution is -2.27. The zero-order valence-corrected chi connectivity index (χ0v) is 14.2.